The molecule has 10 fully saturated rings. The molecule has 132 heavy (non-hydrogen) atoms. The van der Waals surface area contributed by atoms with E-state index in [0.29, 0.717) is 124 Å². The molecule has 0 spiro atoms. The van der Waals surface area contributed by atoms with E-state index in [-0.39, 0.29) is 179 Å². The van der Waals surface area contributed by atoms with Gasteiger partial charge in [0.15, 0.2) is 0 Å². The van der Waals surface area contributed by atoms with Gasteiger partial charge in [0.1, 0.15) is 6.61 Å². The fourth-order valence-corrected chi connectivity index (χ4v) is 27.1. The summed E-state index contributed by atoms with van der Waals surface area (Å²) < 4.78 is 102. The van der Waals surface area contributed by atoms with Crippen LogP contribution < -0.4 is 0 Å². The maximum atomic E-state index is 10.6. The van der Waals surface area contributed by atoms with Gasteiger partial charge in [-0.25, -0.2) is 4.79 Å². The van der Waals surface area contributed by atoms with Gasteiger partial charge >= 0.3 is 5.97 Å². The number of halogens is 2. The molecule has 782 valence electrons. The normalized spacial score (nSPS) is 31.9. The molecule has 33 atom stereocenters. The monoisotopic (exact) mass is 2080 g/mol. The molecule has 0 aromatic carbocycles. The van der Waals surface area contributed by atoms with Crippen LogP contribution in [0.3, 0.4) is 0 Å². The van der Waals surface area contributed by atoms with Gasteiger partial charge in [0, 0.05) is 138 Å². The number of rotatable bonds is 58. The van der Waals surface area contributed by atoms with Crippen LogP contribution in [0.4, 0.5) is 0 Å². The lowest BCUT2D eigenvalue weighted by atomic mass is 9.80. The number of carboxylic acids is 1. The summed E-state index contributed by atoms with van der Waals surface area (Å²) in [6, 6.07) is 0. The third-order valence-electron chi connectivity index (χ3n) is 31.0. The summed E-state index contributed by atoms with van der Waals surface area (Å²) in [5.41, 5.74) is 0. The average Bonchev–Trinajstić information content (AvgIpc) is 1.69. The van der Waals surface area contributed by atoms with E-state index in [0.717, 1.165) is 136 Å². The van der Waals surface area contributed by atoms with Crippen LogP contribution in [0.15, 0.2) is 60.8 Å². The van der Waals surface area contributed by atoms with Gasteiger partial charge in [-0.15, -0.1) is 23.2 Å². The van der Waals surface area contributed by atoms with Crippen molar-refractivity contribution in [3.63, 3.8) is 0 Å². The van der Waals surface area contributed by atoms with Crippen molar-refractivity contribution in [3.8, 4) is 0 Å². The molecule has 0 aromatic rings. The lowest BCUT2D eigenvalue weighted by Gasteiger charge is -2.31. The van der Waals surface area contributed by atoms with Crippen molar-refractivity contribution in [3.05, 3.63) is 60.8 Å². The molecule has 0 amide bonds. The van der Waals surface area contributed by atoms with E-state index in [1.807, 2.05) is 58.1 Å². The summed E-state index contributed by atoms with van der Waals surface area (Å²) in [5, 5.41) is 61.4. The molecule has 10 saturated carbocycles. The van der Waals surface area contributed by atoms with Gasteiger partial charge in [0.25, 0.3) is 0 Å². The van der Waals surface area contributed by atoms with Crippen molar-refractivity contribution in [1.29, 1.82) is 5.11 Å². The highest BCUT2D eigenvalue weighted by atomic mass is 35.5. The zero-order valence-electron chi connectivity index (χ0n) is 83.9. The minimum Gasteiger partial charge on any atom is -0.480 e. The Morgan fingerprint density at radius 3 is 0.864 bits per heavy atom. The van der Waals surface area contributed by atoms with E-state index in [1.54, 1.807) is 0 Å². The Morgan fingerprint density at radius 1 is 0.341 bits per heavy atom. The molecule has 0 aromatic heterocycles. The number of hydrogen-bond acceptors (Lipinski definition) is 19. The molecule has 8 unspecified atom stereocenters. The zero-order valence-corrected chi connectivity index (χ0v) is 90.1. The highest BCUT2D eigenvalue weighted by molar-refractivity contribution is 7.11. The van der Waals surface area contributed by atoms with Gasteiger partial charge in [-0.3, -0.25) is 0 Å². The molecular weight excluding hydrogens is 1860 g/mol. The highest BCUT2D eigenvalue weighted by Gasteiger charge is 2.48. The number of ether oxygens (including phenoxy) is 5. The molecule has 10 aliphatic rings. The Balaban J connectivity index is 0.00000171. The fourth-order valence-electron chi connectivity index (χ4n) is 23.7. The summed E-state index contributed by atoms with van der Waals surface area (Å²) in [6.45, 7) is 13.4. The van der Waals surface area contributed by atoms with Gasteiger partial charge in [0.05, 0.1) is 118 Å². The highest BCUT2D eigenvalue weighted by Crippen LogP contribution is 2.49. The predicted octanol–water partition coefficient (Wildman–Crippen LogP) is 25.6. The first-order chi connectivity index (χ1) is 65.3. The smallest absolute Gasteiger partial charge is 0.329 e. The Labute approximate surface area is 843 Å². The Kier molecular flexibility index (Phi) is 69.2. The topological polar surface area (TPSA) is 258 Å². The van der Waals surface area contributed by atoms with Crippen LogP contribution in [0.1, 0.15) is 337 Å². The van der Waals surface area contributed by atoms with Crippen LogP contribution in [0.2, 0.25) is 0 Å². The maximum absolute atomic E-state index is 10.6. The lowest BCUT2D eigenvalue weighted by molar-refractivity contribution is -0.141. The molecule has 0 radical (unpaired) electrons. The second-order valence-corrected chi connectivity index (χ2v) is 42.1. The minimum absolute atomic E-state index is 0. The van der Waals surface area contributed by atoms with Crippen LogP contribution >= 0.6 is 98.7 Å². The van der Waals surface area contributed by atoms with Crippen molar-refractivity contribution in [1.82, 2.24) is 0 Å². The van der Waals surface area contributed by atoms with Crippen LogP contribution in [0.5, 0.6) is 0 Å². The van der Waals surface area contributed by atoms with Crippen LogP contribution in [-0.4, -0.2) is 198 Å². The molecule has 10 rings (SSSR count). The first-order valence-corrected chi connectivity index (χ1v) is 55.5. The van der Waals surface area contributed by atoms with Crippen molar-refractivity contribution in [2.45, 2.75) is 422 Å². The third kappa shape index (κ3) is 46.5. The van der Waals surface area contributed by atoms with Crippen LogP contribution in [0, 0.1) is 88.8 Å². The zero-order chi connectivity index (χ0) is 96.9. The second-order valence-electron chi connectivity index (χ2n) is 39.0. The Hall–Kier alpha value is 1.47. The first kappa shape index (κ1) is 119. The van der Waals surface area contributed by atoms with Gasteiger partial charge < -0.3 is 90.5 Å². The predicted molar refractivity (Wildman–Crippen MR) is 578 cm³/mol. The Bertz CT molecular complexity index is 2880. The molecule has 0 bridgehead atoms. The quantitative estimate of drug-likeness (QED) is 0.0143. The molecule has 0 saturated heterocycles. The number of allylic oxidation sites excluding steroid dienone is 5. The van der Waals surface area contributed by atoms with E-state index < -0.39 is 12.1 Å². The van der Waals surface area contributed by atoms with Crippen molar-refractivity contribution in [2.75, 3.05) is 66.1 Å². The van der Waals surface area contributed by atoms with E-state index in [4.69, 9.17) is 93.3 Å². The Morgan fingerprint density at radius 2 is 0.583 bits per heavy atom. The second kappa shape index (κ2) is 77.0. The largest absolute Gasteiger partial charge is 0.480 e. The van der Waals surface area contributed by atoms with Gasteiger partial charge in [-0.1, -0.05) is 172 Å². The summed E-state index contributed by atoms with van der Waals surface area (Å²) in [7, 11) is 8.80. The number of aliphatic hydroxyl groups is 5. The van der Waals surface area contributed by atoms with Crippen LogP contribution in [0.25, 0.3) is 0 Å². The SMILES string of the molecule is C.C.CCOC/C=C\C[C@@H]1[C@@H](CC[C@@H](O)C2CCCCC2)[C@H](O)C[C@H]1Cl.[3HH].[3HH].[3HH].[3HH].[3H]PO[C@@H]1C[C@@H](Cl)[C@H](C/C=C\COCC)[C@H]1CC[C@@H](OP)C1CCCCC1.[3H]PO[C@@H]1C[C@H](O)[C@H](C/C=C\COCC(=O)O)[C@H]1CC[C@@H](OP)C1CCCCC1.[3H]PO[C@@H]1C[C@H](O)[C@H](C/C=C\COCC)[C@H]1CC[C@@H](OP)C1CCCCC1.[3H]PO[C@@H]1C[C@H](O)[C@H](C/C=C\COCC)[C@H]1CC[C@@H](OP)C1CCCCC1. The molecular formula is C102H200Cl2O20P8. The number of alkyl halides is 2. The number of aliphatic hydroxyl groups excluding tert-OH is 5. The standard InChI is InChI=1S/C20H37ClO3P2.C20H35ClO3.C20H36O6P2.2C20H38O4P2.2CH4.4H2/c1-2-22-13-7-6-10-16-17(20(24-26)14-18(16)21)11-12-19(23-25)15-8-4-3-5-9-15;1-2-24-13-7-6-10-16-17(20(23)14-18(16)21)11-12-19(22)15-8-4-3-5-9-15;21-17-12-19(26-28)16(15(17)8-4-5-11-24-13-20(22)23)9-10-18(25-27)14-6-2-1-3-7-14;2*1-2-22-13-7-6-10-16-17(20(24-26)14-18(16)21)11-12-19(23-25)15-8-4-3-5-9-15;;;;;;/h6-7,15-20H,2-5,8-14,25-26H2,1H3;6-7,15-20,22-23H,2-5,8-14H2,1H3;4-5,14-19,21H,1-3,6-13,27-28H2,(H,22,23);2*6-7,15-21H,2-5,8-14,25-26H2,1H3;2*1H4;4*1H/b2*7-6-;5-4-;2*7-6-;;;;;;/t2*16-,17-,18-,19-,20-;15-,16-,17+,18-,19-;2*16-,17-,18+,19-,20-;;;;;;/m11111....../s1/i26T;;28T;2*26T;;;4*1+2/t16-,17-,18-,19-,20-,26?;;15-,16-,17+,18-,19-,28?;2*16-,17-,18+,19-,20-,26?;;;;;;. The molecule has 20 nitrogen and oxygen atoms in total. The number of carbonyl (C=O) groups is 1. The fraction of sp³-hybridized carbons (Fsp3) is 0.892. The van der Waals surface area contributed by atoms with Gasteiger partial charge in [0.2, 0.25) is 0 Å². The number of aliphatic carboxylic acids is 1. The van der Waals surface area contributed by atoms with Gasteiger partial charge in [-0.05, 0) is 290 Å². The summed E-state index contributed by atoms with van der Waals surface area (Å²) in [6.07, 6.45) is 69.5. The van der Waals surface area contributed by atoms with Crippen LogP contribution in [-0.2, 0) is 64.7 Å². The third-order valence-corrected chi connectivity index (χ3v) is 34.6. The summed E-state index contributed by atoms with van der Waals surface area (Å²) in [4.78, 5) is 10.5. The molecule has 10 aliphatic carbocycles. The van der Waals surface area contributed by atoms with Crippen molar-refractivity contribution >= 4 is 105 Å². The van der Waals surface area contributed by atoms with Crippen molar-refractivity contribution in [2.24, 2.45) is 88.8 Å². The average molecular weight is 2080 g/mol. The lowest BCUT2D eigenvalue weighted by Crippen LogP contribution is -2.27. The molecule has 30 heteroatoms. The van der Waals surface area contributed by atoms with E-state index >= 15 is 0 Å². The van der Waals surface area contributed by atoms with Gasteiger partial charge in [-0.2, -0.15) is 0 Å². The first-order valence-electron chi connectivity index (χ1n) is 53.1. The number of hydrogen-bond donors (Lipinski definition) is 6. The molecule has 0 aliphatic heterocycles. The summed E-state index contributed by atoms with van der Waals surface area (Å²) >= 11 is 13.2. The van der Waals surface area contributed by atoms with Crippen molar-refractivity contribution < 1.29 is 101 Å². The molecule has 0 heterocycles. The maximum Gasteiger partial charge on any atom is 0.329 e. The molecule has 6 N–H and O–H groups in total. The summed E-state index contributed by atoms with van der Waals surface area (Å²) in [5.74, 6) is 4.66. The van der Waals surface area contributed by atoms with E-state index in [2.05, 4.69) is 68.2 Å². The minimum atomic E-state index is -0.982. The van der Waals surface area contributed by atoms with E-state index in [1.165, 1.54) is 148 Å². The van der Waals surface area contributed by atoms with E-state index in [9.17, 15) is 30.3 Å². The number of carboxylic acid groups (broad SMARTS) is 1.